The van der Waals surface area contributed by atoms with E-state index >= 15 is 0 Å². The van der Waals surface area contributed by atoms with Crippen LogP contribution < -0.4 is 0 Å². The molecule has 0 N–H and O–H groups in total. The quantitative estimate of drug-likeness (QED) is 0.320. The number of fused-ring (bicyclic) bond motifs is 6. The van der Waals surface area contributed by atoms with Gasteiger partial charge in [0.1, 0.15) is 0 Å². The van der Waals surface area contributed by atoms with Gasteiger partial charge in [0, 0.05) is 42.2 Å². The predicted octanol–water partition coefficient (Wildman–Crippen LogP) is 6.95. The second kappa shape index (κ2) is 5.13. The first kappa shape index (κ1) is 14.1. The first-order valence-electron chi connectivity index (χ1n) is 7.98. The summed E-state index contributed by atoms with van der Waals surface area (Å²) in [5, 5.41) is 9.84. The lowest BCUT2D eigenvalue weighted by Gasteiger charge is -2.14. The van der Waals surface area contributed by atoms with Gasteiger partial charge in [-0.05, 0) is 42.3 Å². The zero-order valence-corrected chi connectivity index (χ0v) is 15.1. The molecule has 2 aromatic carbocycles. The van der Waals surface area contributed by atoms with Crippen molar-refractivity contribution < 1.29 is 0 Å². The fraction of sp³-hybridized carbons (Fsp3) is 0.0952. The summed E-state index contributed by atoms with van der Waals surface area (Å²) in [7, 11) is 0. The topological polar surface area (TPSA) is 12.9 Å². The number of pyridine rings is 1. The lowest BCUT2D eigenvalue weighted by atomic mass is 9.97. The molecule has 5 rings (SSSR count). The number of benzene rings is 2. The molecule has 0 saturated heterocycles. The summed E-state index contributed by atoms with van der Waals surface area (Å²) in [6.45, 7) is 4.36. The largest absolute Gasteiger partial charge is 0.252 e. The van der Waals surface area contributed by atoms with Gasteiger partial charge in [0.2, 0.25) is 0 Å². The molecule has 0 saturated carbocycles. The van der Waals surface area contributed by atoms with Crippen LogP contribution in [0.3, 0.4) is 0 Å². The van der Waals surface area contributed by atoms with E-state index in [1.165, 1.54) is 42.1 Å². The van der Waals surface area contributed by atoms with Gasteiger partial charge in [0.15, 0.2) is 0 Å². The molecule has 5 aromatic rings. The third kappa shape index (κ3) is 1.83. The van der Waals surface area contributed by atoms with Crippen LogP contribution in [0.15, 0.2) is 53.2 Å². The Labute approximate surface area is 148 Å². The monoisotopic (exact) mass is 345 g/mol. The molecule has 0 unspecified atom stereocenters. The van der Waals surface area contributed by atoms with Gasteiger partial charge >= 0.3 is 0 Å². The molecule has 0 aliphatic carbocycles. The van der Waals surface area contributed by atoms with Gasteiger partial charge in [-0.2, -0.15) is 0 Å². The van der Waals surface area contributed by atoms with E-state index < -0.39 is 0 Å². The van der Waals surface area contributed by atoms with Gasteiger partial charge in [-0.15, -0.1) is 22.7 Å². The maximum absolute atomic E-state index is 5.00. The molecule has 0 fully saturated rings. The normalized spacial score (nSPS) is 11.8. The summed E-state index contributed by atoms with van der Waals surface area (Å²) in [6, 6.07) is 15.0. The summed E-state index contributed by atoms with van der Waals surface area (Å²) in [5.74, 6) is 0. The number of aromatic nitrogens is 1. The molecule has 0 aliphatic rings. The standard InChI is InChI=1S/C21H15NS2/c1-12-17-18(13(2)22-19(12)14-6-4-3-5-7-14)21-16(9-11-24-21)15-8-10-23-20(15)17/h3-11H,1-2H3. The minimum absolute atomic E-state index is 1.10. The number of thiophene rings is 2. The van der Waals surface area contributed by atoms with Crippen LogP contribution in [-0.4, -0.2) is 4.98 Å². The van der Waals surface area contributed by atoms with Gasteiger partial charge in [0.25, 0.3) is 0 Å². The van der Waals surface area contributed by atoms with Crippen LogP contribution in [0.1, 0.15) is 11.3 Å². The van der Waals surface area contributed by atoms with Crippen molar-refractivity contribution >= 4 is 53.6 Å². The lowest BCUT2D eigenvalue weighted by Crippen LogP contribution is -1.95. The Morgan fingerprint density at radius 1 is 0.750 bits per heavy atom. The Morgan fingerprint density at radius 3 is 2.04 bits per heavy atom. The number of hydrogen-bond donors (Lipinski definition) is 0. The van der Waals surface area contributed by atoms with Gasteiger partial charge in [-0.3, -0.25) is 4.98 Å². The Bertz CT molecular complexity index is 1210. The van der Waals surface area contributed by atoms with Crippen molar-refractivity contribution in [3.63, 3.8) is 0 Å². The zero-order chi connectivity index (χ0) is 16.3. The van der Waals surface area contributed by atoms with Crippen LogP contribution in [0.2, 0.25) is 0 Å². The molecular weight excluding hydrogens is 330 g/mol. The molecule has 1 nitrogen and oxygen atoms in total. The van der Waals surface area contributed by atoms with Crippen LogP contribution in [-0.2, 0) is 0 Å². The van der Waals surface area contributed by atoms with Crippen LogP contribution in [0, 0.1) is 13.8 Å². The van der Waals surface area contributed by atoms with Gasteiger partial charge < -0.3 is 0 Å². The fourth-order valence-electron chi connectivity index (χ4n) is 3.66. The molecule has 0 aliphatic heterocycles. The summed E-state index contributed by atoms with van der Waals surface area (Å²) < 4.78 is 2.75. The smallest absolute Gasteiger partial charge is 0.0741 e. The minimum Gasteiger partial charge on any atom is -0.252 e. The van der Waals surface area contributed by atoms with E-state index in [0.29, 0.717) is 0 Å². The third-order valence-corrected chi connectivity index (χ3v) is 6.61. The molecule has 3 heterocycles. The minimum atomic E-state index is 1.10. The van der Waals surface area contributed by atoms with Gasteiger partial charge in [-0.25, -0.2) is 0 Å². The zero-order valence-electron chi connectivity index (χ0n) is 13.5. The summed E-state index contributed by atoms with van der Waals surface area (Å²) in [5.41, 5.74) is 4.70. The Hall–Kier alpha value is -2.23. The average Bonchev–Trinajstić information content (AvgIpc) is 3.26. The summed E-state index contributed by atoms with van der Waals surface area (Å²) >= 11 is 3.66. The molecule has 24 heavy (non-hydrogen) atoms. The lowest BCUT2D eigenvalue weighted by molar-refractivity contribution is 1.22. The highest BCUT2D eigenvalue weighted by atomic mass is 32.1. The van der Waals surface area contributed by atoms with E-state index in [1.807, 2.05) is 22.7 Å². The van der Waals surface area contributed by atoms with E-state index in [9.17, 15) is 0 Å². The molecule has 0 radical (unpaired) electrons. The van der Waals surface area contributed by atoms with Crippen LogP contribution in [0.25, 0.3) is 42.2 Å². The van der Waals surface area contributed by atoms with Crippen LogP contribution in [0.5, 0.6) is 0 Å². The van der Waals surface area contributed by atoms with Crippen molar-refractivity contribution in [1.82, 2.24) is 4.98 Å². The first-order valence-corrected chi connectivity index (χ1v) is 9.74. The molecule has 3 aromatic heterocycles. The molecule has 3 heteroatoms. The maximum Gasteiger partial charge on any atom is 0.0741 e. The summed E-state index contributed by atoms with van der Waals surface area (Å²) in [4.78, 5) is 5.00. The Balaban J connectivity index is 2.05. The van der Waals surface area contributed by atoms with E-state index in [0.717, 1.165) is 11.4 Å². The fourth-order valence-corrected chi connectivity index (χ4v) is 5.69. The molecule has 0 amide bonds. The number of rotatable bonds is 1. The van der Waals surface area contributed by atoms with E-state index in [1.54, 1.807) is 0 Å². The maximum atomic E-state index is 5.00. The number of hydrogen-bond acceptors (Lipinski definition) is 3. The van der Waals surface area contributed by atoms with Gasteiger partial charge in [0.05, 0.1) is 5.69 Å². The Kier molecular flexibility index (Phi) is 3.02. The van der Waals surface area contributed by atoms with Crippen molar-refractivity contribution in [3.8, 4) is 11.3 Å². The SMILES string of the molecule is Cc1nc(-c2ccccc2)c(C)c2c3sccc3c3ccsc3c12. The van der Waals surface area contributed by atoms with Crippen molar-refractivity contribution in [2.75, 3.05) is 0 Å². The highest BCUT2D eigenvalue weighted by Gasteiger charge is 2.18. The second-order valence-corrected chi connectivity index (χ2v) is 7.95. The molecule has 0 spiro atoms. The molecule has 0 atom stereocenters. The predicted molar refractivity (Wildman–Crippen MR) is 107 cm³/mol. The summed E-state index contributed by atoms with van der Waals surface area (Å²) in [6.07, 6.45) is 0. The van der Waals surface area contributed by atoms with Crippen molar-refractivity contribution in [2.24, 2.45) is 0 Å². The average molecular weight is 345 g/mol. The van der Waals surface area contributed by atoms with E-state index in [-0.39, 0.29) is 0 Å². The van der Waals surface area contributed by atoms with E-state index in [4.69, 9.17) is 4.98 Å². The Morgan fingerprint density at radius 2 is 1.38 bits per heavy atom. The number of nitrogens with zero attached hydrogens (tertiary/aromatic N) is 1. The second-order valence-electron chi connectivity index (χ2n) is 6.11. The highest BCUT2D eigenvalue weighted by Crippen LogP contribution is 2.44. The van der Waals surface area contributed by atoms with Crippen LogP contribution in [0.4, 0.5) is 0 Å². The third-order valence-electron chi connectivity index (χ3n) is 4.74. The molecule has 0 bridgehead atoms. The highest BCUT2D eigenvalue weighted by molar-refractivity contribution is 7.20. The molecule has 116 valence electrons. The first-order chi connectivity index (χ1) is 11.8. The number of aryl methyl sites for hydroxylation is 2. The molecular formula is C21H15NS2. The van der Waals surface area contributed by atoms with Crippen LogP contribution >= 0.6 is 22.7 Å². The van der Waals surface area contributed by atoms with Gasteiger partial charge in [-0.1, -0.05) is 30.3 Å². The van der Waals surface area contributed by atoms with Crippen molar-refractivity contribution in [3.05, 3.63) is 64.5 Å². The van der Waals surface area contributed by atoms with Crippen molar-refractivity contribution in [1.29, 1.82) is 0 Å². The van der Waals surface area contributed by atoms with Crippen molar-refractivity contribution in [2.45, 2.75) is 13.8 Å². The van der Waals surface area contributed by atoms with E-state index in [2.05, 4.69) is 67.1 Å².